The number of amides is 1. The quantitative estimate of drug-likeness (QED) is 0.380. The van der Waals surface area contributed by atoms with E-state index < -0.39 is 0 Å². The molecule has 168 valence electrons. The Kier molecular flexibility index (Phi) is 10.2. The maximum absolute atomic E-state index is 12.2. The number of methoxy groups -OCH3 is 2. The van der Waals surface area contributed by atoms with Crippen molar-refractivity contribution in [3.8, 4) is 11.5 Å². The van der Waals surface area contributed by atoms with Crippen LogP contribution < -0.4 is 25.4 Å². The molecule has 2 aromatic carbocycles. The van der Waals surface area contributed by atoms with E-state index in [1.54, 1.807) is 14.2 Å². The molecular weight excluding hydrogens is 392 g/mol. The normalized spacial score (nSPS) is 11.0. The van der Waals surface area contributed by atoms with E-state index in [9.17, 15) is 4.79 Å². The van der Waals surface area contributed by atoms with Gasteiger partial charge in [0.05, 0.1) is 20.8 Å². The topological polar surface area (TPSA) is 84.0 Å². The summed E-state index contributed by atoms with van der Waals surface area (Å²) in [6.07, 6.45) is 1.73. The van der Waals surface area contributed by atoms with Gasteiger partial charge in [0.2, 0.25) is 0 Å². The monoisotopic (exact) mass is 426 g/mol. The van der Waals surface area contributed by atoms with Crippen LogP contribution in [0.4, 0.5) is 0 Å². The van der Waals surface area contributed by atoms with Crippen LogP contribution in [0.15, 0.2) is 47.5 Å². The van der Waals surface area contributed by atoms with Gasteiger partial charge in [0.1, 0.15) is 0 Å². The van der Waals surface area contributed by atoms with Gasteiger partial charge in [0, 0.05) is 25.2 Å². The predicted molar refractivity (Wildman–Crippen MR) is 125 cm³/mol. The van der Waals surface area contributed by atoms with Gasteiger partial charge in [-0.25, -0.2) is 4.99 Å². The van der Waals surface area contributed by atoms with E-state index >= 15 is 0 Å². The molecule has 0 saturated carbocycles. The summed E-state index contributed by atoms with van der Waals surface area (Å²) >= 11 is 0. The van der Waals surface area contributed by atoms with Gasteiger partial charge in [-0.05, 0) is 55.2 Å². The first-order valence-electron chi connectivity index (χ1n) is 10.7. The lowest BCUT2D eigenvalue weighted by Gasteiger charge is -2.13. The highest BCUT2D eigenvalue weighted by Gasteiger charge is 2.07. The van der Waals surface area contributed by atoms with Gasteiger partial charge in [-0.15, -0.1) is 0 Å². The number of ether oxygens (including phenoxy) is 2. The molecule has 1 amide bonds. The van der Waals surface area contributed by atoms with Crippen LogP contribution >= 0.6 is 0 Å². The Hall–Kier alpha value is -3.22. The molecule has 3 N–H and O–H groups in total. The number of nitrogens with zero attached hydrogens (tertiary/aromatic N) is 1. The Bertz CT molecular complexity index is 868. The SMILES string of the molecule is CCCNC(=O)c1cccc(CN=C(NCC)NCCc2ccc(OC)c(OC)c2)c1. The summed E-state index contributed by atoms with van der Waals surface area (Å²) in [7, 11) is 3.27. The molecule has 0 heterocycles. The number of carbonyl (C=O) groups is 1. The summed E-state index contributed by atoms with van der Waals surface area (Å²) in [4.78, 5) is 16.8. The second kappa shape index (κ2) is 13.2. The number of benzene rings is 2. The molecule has 0 aliphatic rings. The lowest BCUT2D eigenvalue weighted by Crippen LogP contribution is -2.38. The molecule has 0 atom stereocenters. The molecule has 0 saturated heterocycles. The van der Waals surface area contributed by atoms with Crippen molar-refractivity contribution in [3.05, 3.63) is 59.2 Å². The predicted octanol–water partition coefficient (Wildman–Crippen LogP) is 3.14. The number of hydrogen-bond donors (Lipinski definition) is 3. The Labute approximate surface area is 185 Å². The van der Waals surface area contributed by atoms with Crippen LogP contribution in [0, 0.1) is 0 Å². The Balaban J connectivity index is 1.95. The third kappa shape index (κ3) is 7.85. The summed E-state index contributed by atoms with van der Waals surface area (Å²) in [6.45, 7) is 6.72. The maximum Gasteiger partial charge on any atom is 0.251 e. The van der Waals surface area contributed by atoms with E-state index in [-0.39, 0.29) is 5.91 Å². The zero-order valence-corrected chi connectivity index (χ0v) is 19.0. The number of rotatable bonds is 11. The molecule has 31 heavy (non-hydrogen) atoms. The largest absolute Gasteiger partial charge is 0.493 e. The standard InChI is InChI=1S/C24H34N4O3/c1-5-13-26-23(29)20-9-7-8-19(15-20)17-28-24(25-6-2)27-14-12-18-10-11-21(30-3)22(16-18)31-4/h7-11,15-16H,5-6,12-14,17H2,1-4H3,(H,26,29)(H2,25,27,28). The second-order valence-electron chi connectivity index (χ2n) is 7.02. The van der Waals surface area contributed by atoms with Crippen molar-refractivity contribution >= 4 is 11.9 Å². The van der Waals surface area contributed by atoms with Crippen molar-refractivity contribution in [2.75, 3.05) is 33.9 Å². The smallest absolute Gasteiger partial charge is 0.251 e. The van der Waals surface area contributed by atoms with Gasteiger partial charge in [-0.3, -0.25) is 4.79 Å². The highest BCUT2D eigenvalue weighted by molar-refractivity contribution is 5.94. The summed E-state index contributed by atoms with van der Waals surface area (Å²) in [5.41, 5.74) is 2.79. The minimum absolute atomic E-state index is 0.0485. The molecule has 0 fully saturated rings. The molecule has 0 aromatic heterocycles. The molecular formula is C24H34N4O3. The number of guanidine groups is 1. The number of nitrogens with one attached hydrogen (secondary N) is 3. The summed E-state index contributed by atoms with van der Waals surface area (Å²) < 4.78 is 10.7. The molecule has 0 radical (unpaired) electrons. The number of carbonyl (C=O) groups excluding carboxylic acids is 1. The molecule has 7 nitrogen and oxygen atoms in total. The summed E-state index contributed by atoms with van der Waals surface area (Å²) in [5, 5.41) is 9.52. The second-order valence-corrected chi connectivity index (χ2v) is 7.02. The van der Waals surface area contributed by atoms with Crippen LogP contribution in [0.2, 0.25) is 0 Å². The molecule has 0 unspecified atom stereocenters. The first-order chi connectivity index (χ1) is 15.1. The van der Waals surface area contributed by atoms with Crippen molar-refractivity contribution in [1.29, 1.82) is 0 Å². The van der Waals surface area contributed by atoms with E-state index in [0.717, 1.165) is 54.5 Å². The molecule has 0 aliphatic heterocycles. The molecule has 0 bridgehead atoms. The van der Waals surface area contributed by atoms with Crippen LogP contribution in [0.5, 0.6) is 11.5 Å². The van der Waals surface area contributed by atoms with E-state index in [0.29, 0.717) is 18.7 Å². The van der Waals surface area contributed by atoms with Gasteiger partial charge in [-0.2, -0.15) is 0 Å². The van der Waals surface area contributed by atoms with Crippen molar-refractivity contribution in [2.45, 2.75) is 33.2 Å². The highest BCUT2D eigenvalue weighted by atomic mass is 16.5. The Morgan fingerprint density at radius 1 is 0.903 bits per heavy atom. The van der Waals surface area contributed by atoms with Gasteiger partial charge >= 0.3 is 0 Å². The molecule has 2 rings (SSSR count). The van der Waals surface area contributed by atoms with E-state index in [1.165, 1.54) is 0 Å². The first-order valence-corrected chi connectivity index (χ1v) is 10.7. The van der Waals surface area contributed by atoms with Crippen molar-refractivity contribution in [3.63, 3.8) is 0 Å². The van der Waals surface area contributed by atoms with Crippen LogP contribution in [-0.2, 0) is 13.0 Å². The fourth-order valence-corrected chi connectivity index (χ4v) is 3.02. The van der Waals surface area contributed by atoms with Crippen LogP contribution in [0.25, 0.3) is 0 Å². The van der Waals surface area contributed by atoms with E-state index in [1.807, 2.05) is 56.3 Å². The lowest BCUT2D eigenvalue weighted by molar-refractivity contribution is 0.0953. The summed E-state index contributed by atoms with van der Waals surface area (Å²) in [6, 6.07) is 13.5. The van der Waals surface area contributed by atoms with E-state index in [2.05, 4.69) is 20.9 Å². The van der Waals surface area contributed by atoms with Gasteiger partial charge in [0.25, 0.3) is 5.91 Å². The van der Waals surface area contributed by atoms with Crippen LogP contribution in [0.3, 0.4) is 0 Å². The van der Waals surface area contributed by atoms with Crippen molar-refractivity contribution < 1.29 is 14.3 Å². The van der Waals surface area contributed by atoms with Crippen LogP contribution in [-0.4, -0.2) is 45.7 Å². The number of aliphatic imine (C=N–C) groups is 1. The minimum atomic E-state index is -0.0485. The zero-order valence-electron chi connectivity index (χ0n) is 19.0. The number of hydrogen-bond acceptors (Lipinski definition) is 4. The van der Waals surface area contributed by atoms with Gasteiger partial charge < -0.3 is 25.4 Å². The van der Waals surface area contributed by atoms with Crippen LogP contribution in [0.1, 0.15) is 41.8 Å². The first kappa shape index (κ1) is 24.1. The third-order valence-electron chi connectivity index (χ3n) is 4.64. The third-order valence-corrected chi connectivity index (χ3v) is 4.64. The van der Waals surface area contributed by atoms with Gasteiger partial charge in [0.15, 0.2) is 17.5 Å². The average molecular weight is 427 g/mol. The van der Waals surface area contributed by atoms with E-state index in [4.69, 9.17) is 9.47 Å². The highest BCUT2D eigenvalue weighted by Crippen LogP contribution is 2.27. The fourth-order valence-electron chi connectivity index (χ4n) is 3.02. The summed E-state index contributed by atoms with van der Waals surface area (Å²) in [5.74, 6) is 2.14. The van der Waals surface area contributed by atoms with Crippen molar-refractivity contribution in [1.82, 2.24) is 16.0 Å². The lowest BCUT2D eigenvalue weighted by atomic mass is 10.1. The molecule has 2 aromatic rings. The fraction of sp³-hybridized carbons (Fsp3) is 0.417. The van der Waals surface area contributed by atoms with Gasteiger partial charge in [-0.1, -0.05) is 25.1 Å². The molecule has 0 aliphatic carbocycles. The zero-order chi connectivity index (χ0) is 22.5. The molecule has 7 heteroatoms. The molecule has 0 spiro atoms. The Morgan fingerprint density at radius 2 is 1.71 bits per heavy atom. The minimum Gasteiger partial charge on any atom is -0.493 e. The Morgan fingerprint density at radius 3 is 2.42 bits per heavy atom. The average Bonchev–Trinajstić information content (AvgIpc) is 2.81. The maximum atomic E-state index is 12.2. The van der Waals surface area contributed by atoms with Crippen molar-refractivity contribution in [2.24, 2.45) is 4.99 Å².